The van der Waals surface area contributed by atoms with E-state index < -0.39 is 0 Å². The molecule has 1 aromatic heterocycles. The smallest absolute Gasteiger partial charge is 0.148 e. The number of nitrogens with two attached hydrogens (primary N) is 1. The summed E-state index contributed by atoms with van der Waals surface area (Å²) in [5.41, 5.74) is 3.63. The van der Waals surface area contributed by atoms with E-state index in [1.54, 1.807) is 0 Å². The highest BCUT2D eigenvalue weighted by Gasteiger charge is 2.18. The fourth-order valence-corrected chi connectivity index (χ4v) is 2.73. The first-order chi connectivity index (χ1) is 9.10. The van der Waals surface area contributed by atoms with E-state index in [0.717, 1.165) is 23.1 Å². The van der Waals surface area contributed by atoms with E-state index >= 15 is 0 Å². The number of hydrogen-bond acceptors (Lipinski definition) is 5. The van der Waals surface area contributed by atoms with Crippen molar-refractivity contribution in [1.82, 2.24) is 9.97 Å². The summed E-state index contributed by atoms with van der Waals surface area (Å²) in [7, 11) is 0. The Balaban J connectivity index is 2.12. The van der Waals surface area contributed by atoms with E-state index in [4.69, 9.17) is 5.84 Å². The predicted octanol–water partition coefficient (Wildman–Crippen LogP) is 2.76. The van der Waals surface area contributed by atoms with Crippen molar-refractivity contribution in [2.45, 2.75) is 58.9 Å². The molecule has 1 aliphatic rings. The molecule has 0 aromatic carbocycles. The Kier molecular flexibility index (Phi) is 4.58. The Bertz CT molecular complexity index is 432. The maximum Gasteiger partial charge on any atom is 0.148 e. The number of anilines is 2. The number of aryl methyl sites for hydroxylation is 1. The minimum Gasteiger partial charge on any atom is -0.367 e. The van der Waals surface area contributed by atoms with Crippen molar-refractivity contribution >= 4 is 11.6 Å². The van der Waals surface area contributed by atoms with Gasteiger partial charge in [-0.3, -0.25) is 0 Å². The molecule has 2 unspecified atom stereocenters. The van der Waals surface area contributed by atoms with Crippen LogP contribution in [0.1, 0.15) is 50.4 Å². The zero-order valence-corrected chi connectivity index (χ0v) is 12.2. The Labute approximate surface area is 115 Å². The van der Waals surface area contributed by atoms with E-state index in [1.807, 2.05) is 13.8 Å². The predicted molar refractivity (Wildman–Crippen MR) is 79.0 cm³/mol. The third-order valence-electron chi connectivity index (χ3n) is 3.99. The molecule has 0 saturated heterocycles. The lowest BCUT2D eigenvalue weighted by Crippen LogP contribution is -2.21. The number of nitrogens with one attached hydrogen (secondary N) is 2. The largest absolute Gasteiger partial charge is 0.367 e. The summed E-state index contributed by atoms with van der Waals surface area (Å²) in [6.07, 6.45) is 6.37. The van der Waals surface area contributed by atoms with Crippen LogP contribution in [-0.2, 0) is 0 Å². The highest BCUT2D eigenvalue weighted by Crippen LogP contribution is 2.26. The van der Waals surface area contributed by atoms with Crippen molar-refractivity contribution in [2.75, 3.05) is 10.7 Å². The number of hydrazine groups is 1. The first-order valence-corrected chi connectivity index (χ1v) is 7.18. The fourth-order valence-electron chi connectivity index (χ4n) is 2.73. The Morgan fingerprint density at radius 3 is 2.53 bits per heavy atom. The number of nitrogen functional groups attached to an aromatic ring is 1. The maximum atomic E-state index is 5.50. The molecule has 1 saturated carbocycles. The summed E-state index contributed by atoms with van der Waals surface area (Å²) < 4.78 is 0. The van der Waals surface area contributed by atoms with Gasteiger partial charge in [0.15, 0.2) is 0 Å². The Morgan fingerprint density at radius 1 is 1.05 bits per heavy atom. The molecule has 0 radical (unpaired) electrons. The van der Waals surface area contributed by atoms with Crippen LogP contribution in [0.4, 0.5) is 11.6 Å². The summed E-state index contributed by atoms with van der Waals surface area (Å²) in [5, 5.41) is 3.58. The van der Waals surface area contributed by atoms with Gasteiger partial charge in [-0.05, 0) is 39.0 Å². The molecule has 1 aliphatic carbocycles. The van der Waals surface area contributed by atoms with Gasteiger partial charge in [0.1, 0.15) is 17.5 Å². The van der Waals surface area contributed by atoms with Crippen molar-refractivity contribution < 1.29 is 0 Å². The van der Waals surface area contributed by atoms with Gasteiger partial charge < -0.3 is 10.7 Å². The van der Waals surface area contributed by atoms with Crippen LogP contribution in [-0.4, -0.2) is 16.0 Å². The quantitative estimate of drug-likeness (QED) is 0.444. The molecule has 2 rings (SSSR count). The van der Waals surface area contributed by atoms with Gasteiger partial charge in [0.2, 0.25) is 0 Å². The molecule has 19 heavy (non-hydrogen) atoms. The maximum absolute atomic E-state index is 5.50. The van der Waals surface area contributed by atoms with Gasteiger partial charge in [0.25, 0.3) is 0 Å². The van der Waals surface area contributed by atoms with Crippen LogP contribution in [0.3, 0.4) is 0 Å². The first-order valence-electron chi connectivity index (χ1n) is 7.18. The van der Waals surface area contributed by atoms with Crippen LogP contribution in [0, 0.1) is 19.8 Å². The van der Waals surface area contributed by atoms with Crippen LogP contribution in [0.2, 0.25) is 0 Å². The first kappa shape index (κ1) is 14.1. The summed E-state index contributed by atoms with van der Waals surface area (Å²) in [6, 6.07) is 0.517. The van der Waals surface area contributed by atoms with Crippen LogP contribution in [0.25, 0.3) is 0 Å². The standard InChI is InChI=1S/C14H25N5/c1-9-5-4-6-12(8-7-9)18-13-10(2)14(19-15)17-11(3)16-13/h9,12H,4-8,15H2,1-3H3,(H2,16,17,18,19). The molecular formula is C14H25N5. The summed E-state index contributed by atoms with van der Waals surface area (Å²) in [5.74, 6) is 8.71. The van der Waals surface area contributed by atoms with E-state index in [2.05, 4.69) is 27.6 Å². The van der Waals surface area contributed by atoms with Crippen molar-refractivity contribution in [3.63, 3.8) is 0 Å². The second-order valence-electron chi connectivity index (χ2n) is 5.69. The van der Waals surface area contributed by atoms with Crippen LogP contribution < -0.4 is 16.6 Å². The van der Waals surface area contributed by atoms with E-state index in [-0.39, 0.29) is 0 Å². The summed E-state index contributed by atoms with van der Waals surface area (Å²) in [6.45, 7) is 6.23. The molecule has 1 aromatic rings. The summed E-state index contributed by atoms with van der Waals surface area (Å²) in [4.78, 5) is 8.80. The zero-order chi connectivity index (χ0) is 13.8. The zero-order valence-electron chi connectivity index (χ0n) is 12.2. The average Bonchev–Trinajstić information content (AvgIpc) is 2.58. The molecule has 2 atom stereocenters. The van der Waals surface area contributed by atoms with E-state index in [9.17, 15) is 0 Å². The molecule has 0 amide bonds. The van der Waals surface area contributed by atoms with Gasteiger partial charge >= 0.3 is 0 Å². The fraction of sp³-hybridized carbons (Fsp3) is 0.714. The highest BCUT2D eigenvalue weighted by atomic mass is 15.3. The van der Waals surface area contributed by atoms with Crippen molar-refractivity contribution in [1.29, 1.82) is 0 Å². The number of aromatic nitrogens is 2. The minimum atomic E-state index is 0.517. The molecule has 0 aliphatic heterocycles. The number of rotatable bonds is 3. The monoisotopic (exact) mass is 263 g/mol. The number of nitrogens with zero attached hydrogens (tertiary/aromatic N) is 2. The second-order valence-corrected chi connectivity index (χ2v) is 5.69. The van der Waals surface area contributed by atoms with Crippen LogP contribution in [0.5, 0.6) is 0 Å². The molecule has 0 bridgehead atoms. The lowest BCUT2D eigenvalue weighted by molar-refractivity contribution is 0.501. The topological polar surface area (TPSA) is 75.9 Å². The molecule has 106 valence electrons. The van der Waals surface area contributed by atoms with Crippen molar-refractivity contribution in [3.8, 4) is 0 Å². The molecule has 4 N–H and O–H groups in total. The molecule has 5 nitrogen and oxygen atoms in total. The van der Waals surface area contributed by atoms with E-state index in [0.29, 0.717) is 11.9 Å². The highest BCUT2D eigenvalue weighted by molar-refractivity contribution is 5.57. The molecule has 5 heteroatoms. The minimum absolute atomic E-state index is 0.517. The molecule has 0 spiro atoms. The normalized spacial score (nSPS) is 23.8. The van der Waals surface area contributed by atoms with Gasteiger partial charge in [0, 0.05) is 11.6 Å². The van der Waals surface area contributed by atoms with Gasteiger partial charge in [-0.1, -0.05) is 19.8 Å². The SMILES string of the molecule is Cc1nc(NN)c(C)c(NC2CCCC(C)CC2)n1. The van der Waals surface area contributed by atoms with Gasteiger partial charge in [-0.2, -0.15) is 0 Å². The van der Waals surface area contributed by atoms with Crippen molar-refractivity contribution in [2.24, 2.45) is 11.8 Å². The van der Waals surface area contributed by atoms with Gasteiger partial charge in [0.05, 0.1) is 0 Å². The van der Waals surface area contributed by atoms with Gasteiger partial charge in [-0.15, -0.1) is 0 Å². The third kappa shape index (κ3) is 3.56. The van der Waals surface area contributed by atoms with Crippen LogP contribution >= 0.6 is 0 Å². The van der Waals surface area contributed by atoms with Crippen molar-refractivity contribution in [3.05, 3.63) is 11.4 Å². The summed E-state index contributed by atoms with van der Waals surface area (Å²) >= 11 is 0. The Morgan fingerprint density at radius 2 is 1.79 bits per heavy atom. The van der Waals surface area contributed by atoms with Crippen LogP contribution in [0.15, 0.2) is 0 Å². The van der Waals surface area contributed by atoms with Gasteiger partial charge in [-0.25, -0.2) is 15.8 Å². The Hall–Kier alpha value is -1.36. The number of hydrogen-bond donors (Lipinski definition) is 3. The molecule has 1 fully saturated rings. The molecule has 1 heterocycles. The van der Waals surface area contributed by atoms with E-state index in [1.165, 1.54) is 32.1 Å². The lowest BCUT2D eigenvalue weighted by atomic mass is 10.0. The average molecular weight is 263 g/mol. The second kappa shape index (κ2) is 6.19. The lowest BCUT2D eigenvalue weighted by Gasteiger charge is -2.19. The third-order valence-corrected chi connectivity index (χ3v) is 3.99. The molecular weight excluding hydrogens is 238 g/mol.